The van der Waals surface area contributed by atoms with E-state index in [9.17, 15) is 22.8 Å². The third kappa shape index (κ3) is 7.62. The normalized spacial score (nSPS) is 15.0. The Morgan fingerprint density at radius 1 is 1.05 bits per heavy atom. The Hall–Kier alpha value is -3.77. The van der Waals surface area contributed by atoms with Gasteiger partial charge < -0.3 is 27.4 Å². The summed E-state index contributed by atoms with van der Waals surface area (Å²) in [6.45, 7) is 0.771. The molecular weight excluding hydrogens is 508 g/mol. The van der Waals surface area contributed by atoms with Gasteiger partial charge >= 0.3 is 0 Å². The predicted octanol–water partition coefficient (Wildman–Crippen LogP) is 0.614. The fraction of sp³-hybridized carbons (Fsp3) is 0.385. The lowest BCUT2D eigenvalue weighted by molar-refractivity contribution is -0.138. The van der Waals surface area contributed by atoms with Crippen molar-refractivity contribution in [1.29, 1.82) is 5.41 Å². The van der Waals surface area contributed by atoms with Crippen LogP contribution in [0.4, 0.5) is 5.69 Å². The molecule has 1 atom stereocenters. The summed E-state index contributed by atoms with van der Waals surface area (Å²) in [4.78, 5) is 38.6. The van der Waals surface area contributed by atoms with Gasteiger partial charge in [0.2, 0.25) is 17.7 Å². The van der Waals surface area contributed by atoms with Gasteiger partial charge in [-0.2, -0.15) is 0 Å². The number of nitrogen functional groups attached to an aromatic ring is 1. The minimum atomic E-state index is -3.95. The summed E-state index contributed by atoms with van der Waals surface area (Å²) in [6.07, 6.45) is 1.05. The molecule has 0 unspecified atom stereocenters. The van der Waals surface area contributed by atoms with Crippen molar-refractivity contribution in [2.75, 3.05) is 30.7 Å². The quantitative estimate of drug-likeness (QED) is 0.202. The highest BCUT2D eigenvalue weighted by Crippen LogP contribution is 2.25. The second-order valence-corrected chi connectivity index (χ2v) is 11.4. The van der Waals surface area contributed by atoms with Gasteiger partial charge in [-0.1, -0.05) is 24.3 Å². The number of carbonyl (C=O) groups is 3. The molecule has 3 amide bonds. The summed E-state index contributed by atoms with van der Waals surface area (Å²) in [6, 6.07) is 12.7. The number of anilines is 1. The van der Waals surface area contributed by atoms with Gasteiger partial charge in [0.25, 0.3) is 0 Å². The molecule has 0 aliphatic carbocycles. The Kier molecular flexibility index (Phi) is 9.59. The fourth-order valence-electron chi connectivity index (χ4n) is 4.49. The molecule has 1 heterocycles. The van der Waals surface area contributed by atoms with Gasteiger partial charge in [0.15, 0.2) is 9.84 Å². The number of hydrogen-bond donors (Lipinski definition) is 5. The van der Waals surface area contributed by atoms with Gasteiger partial charge in [0.05, 0.1) is 16.6 Å². The average molecular weight is 543 g/mol. The third-order valence-corrected chi connectivity index (χ3v) is 8.36. The molecule has 2 aromatic carbocycles. The number of amidine groups is 1. The summed E-state index contributed by atoms with van der Waals surface area (Å²) in [5, 5.41) is 10.3. The van der Waals surface area contributed by atoms with Crippen LogP contribution in [0.25, 0.3) is 0 Å². The first-order valence-electron chi connectivity index (χ1n) is 12.3. The first kappa shape index (κ1) is 28.8. The first-order valence-corrected chi connectivity index (χ1v) is 14.0. The zero-order valence-electron chi connectivity index (χ0n) is 21.1. The highest BCUT2D eigenvalue weighted by Gasteiger charge is 2.33. The van der Waals surface area contributed by atoms with Gasteiger partial charge in [-0.05, 0) is 49.1 Å². The summed E-state index contributed by atoms with van der Waals surface area (Å²) in [5.41, 5.74) is 17.9. The maximum Gasteiger partial charge on any atom is 0.227 e. The maximum atomic E-state index is 13.6. The number of nitrogens with two attached hydrogens (primary N) is 3. The van der Waals surface area contributed by atoms with Crippen molar-refractivity contribution in [2.24, 2.45) is 29.0 Å². The van der Waals surface area contributed by atoms with E-state index in [0.29, 0.717) is 42.7 Å². The molecule has 11 nitrogen and oxygen atoms in total. The standard InChI is InChI=1S/C26H34N6O5S/c27-10-7-23(33)31-21-5-2-6-22(15-21)38(36,37)16-20(14-17-3-1-4-19(13-17)24(28)29)26(35)32-11-8-18(9-12-32)25(30)34/h1-6,13,15,18,20H,7-12,14,16,27H2,(H3,28,29)(H2,30,34)(H,31,33)/t20-/m1/s1. The van der Waals surface area contributed by atoms with Crippen LogP contribution < -0.4 is 22.5 Å². The van der Waals surface area contributed by atoms with Gasteiger partial charge in [0, 0.05) is 43.2 Å². The summed E-state index contributed by atoms with van der Waals surface area (Å²) in [5.74, 6) is -2.92. The van der Waals surface area contributed by atoms with E-state index in [1.165, 1.54) is 18.2 Å². The minimum absolute atomic E-state index is 0.0224. The van der Waals surface area contributed by atoms with E-state index in [2.05, 4.69) is 5.32 Å². The van der Waals surface area contributed by atoms with E-state index >= 15 is 0 Å². The van der Waals surface area contributed by atoms with Crippen molar-refractivity contribution in [3.63, 3.8) is 0 Å². The summed E-state index contributed by atoms with van der Waals surface area (Å²) < 4.78 is 27.0. The number of benzene rings is 2. The van der Waals surface area contributed by atoms with E-state index in [-0.39, 0.29) is 47.8 Å². The first-order chi connectivity index (χ1) is 18.0. The molecule has 1 aliphatic rings. The smallest absolute Gasteiger partial charge is 0.227 e. The Balaban J connectivity index is 1.87. The number of nitrogens with one attached hydrogen (secondary N) is 2. The van der Waals surface area contributed by atoms with Crippen LogP contribution in [0.3, 0.4) is 0 Å². The van der Waals surface area contributed by atoms with Gasteiger partial charge in [-0.25, -0.2) is 8.42 Å². The number of piperidine rings is 1. The number of sulfone groups is 1. The number of primary amides is 1. The molecule has 8 N–H and O–H groups in total. The van der Waals surface area contributed by atoms with Crippen LogP contribution in [-0.2, 0) is 30.6 Å². The summed E-state index contributed by atoms with van der Waals surface area (Å²) >= 11 is 0. The number of hydrogen-bond acceptors (Lipinski definition) is 7. The average Bonchev–Trinajstić information content (AvgIpc) is 2.88. The lowest BCUT2D eigenvalue weighted by atomic mass is 9.93. The Labute approximate surface area is 222 Å². The molecule has 38 heavy (non-hydrogen) atoms. The molecule has 3 rings (SSSR count). The topological polar surface area (TPSA) is 203 Å². The van der Waals surface area contributed by atoms with Gasteiger partial charge in [-0.15, -0.1) is 0 Å². The Morgan fingerprint density at radius 3 is 2.37 bits per heavy atom. The van der Waals surface area contributed by atoms with Crippen molar-refractivity contribution in [2.45, 2.75) is 30.6 Å². The number of carbonyl (C=O) groups excluding carboxylic acids is 3. The second-order valence-electron chi connectivity index (χ2n) is 9.41. The molecule has 1 fully saturated rings. The van der Waals surface area contributed by atoms with Crippen molar-refractivity contribution in [3.05, 3.63) is 59.7 Å². The molecule has 0 spiro atoms. The van der Waals surface area contributed by atoms with Gasteiger partial charge in [-0.3, -0.25) is 19.8 Å². The van der Waals surface area contributed by atoms with Crippen molar-refractivity contribution in [3.8, 4) is 0 Å². The van der Waals surface area contributed by atoms with Crippen LogP contribution in [0.15, 0.2) is 53.4 Å². The van der Waals surface area contributed by atoms with Crippen LogP contribution in [0.5, 0.6) is 0 Å². The Bertz CT molecular complexity index is 1300. The molecule has 12 heteroatoms. The molecule has 2 aromatic rings. The zero-order valence-corrected chi connectivity index (χ0v) is 21.9. The number of rotatable bonds is 11. The molecule has 0 bridgehead atoms. The highest BCUT2D eigenvalue weighted by molar-refractivity contribution is 7.91. The van der Waals surface area contributed by atoms with E-state index in [4.69, 9.17) is 22.6 Å². The molecular formula is C26H34N6O5S. The second kappa shape index (κ2) is 12.7. The molecule has 204 valence electrons. The number of nitrogens with zero attached hydrogens (tertiary/aromatic N) is 1. The monoisotopic (exact) mass is 542 g/mol. The lowest BCUT2D eigenvalue weighted by Gasteiger charge is -2.33. The highest BCUT2D eigenvalue weighted by atomic mass is 32.2. The van der Waals surface area contributed by atoms with E-state index in [0.717, 1.165) is 0 Å². The minimum Gasteiger partial charge on any atom is -0.384 e. The van der Waals surface area contributed by atoms with Crippen LogP contribution in [0, 0.1) is 17.2 Å². The van der Waals surface area contributed by atoms with Gasteiger partial charge in [0.1, 0.15) is 5.84 Å². The maximum absolute atomic E-state index is 13.6. The van der Waals surface area contributed by atoms with Crippen LogP contribution in [-0.4, -0.2) is 62.3 Å². The molecule has 1 saturated heterocycles. The van der Waals surface area contributed by atoms with Crippen molar-refractivity contribution >= 4 is 39.1 Å². The van der Waals surface area contributed by atoms with E-state index in [1.807, 2.05) is 0 Å². The third-order valence-electron chi connectivity index (χ3n) is 6.55. The number of likely N-dealkylation sites (tertiary alicyclic amines) is 1. The molecule has 0 radical (unpaired) electrons. The predicted molar refractivity (Wildman–Crippen MR) is 144 cm³/mol. The van der Waals surface area contributed by atoms with Crippen LogP contribution >= 0.6 is 0 Å². The fourth-order valence-corrected chi connectivity index (χ4v) is 6.07. The molecule has 0 saturated carbocycles. The van der Waals surface area contributed by atoms with E-state index < -0.39 is 27.4 Å². The summed E-state index contributed by atoms with van der Waals surface area (Å²) in [7, 11) is -3.95. The van der Waals surface area contributed by atoms with Crippen LogP contribution in [0.1, 0.15) is 30.4 Å². The SMILES string of the molecule is N=C(N)c1cccc(C[C@H](CS(=O)(=O)c2cccc(NC(=O)CCN)c2)C(=O)N2CCC(C(N)=O)CC2)c1. The zero-order chi connectivity index (χ0) is 27.9. The van der Waals surface area contributed by atoms with Crippen molar-refractivity contribution in [1.82, 2.24) is 4.90 Å². The van der Waals surface area contributed by atoms with Crippen molar-refractivity contribution < 1.29 is 22.8 Å². The van der Waals surface area contributed by atoms with Crippen LogP contribution in [0.2, 0.25) is 0 Å². The molecule has 0 aromatic heterocycles. The van der Waals surface area contributed by atoms with E-state index in [1.54, 1.807) is 35.2 Å². The molecule has 1 aliphatic heterocycles. The lowest BCUT2D eigenvalue weighted by Crippen LogP contribution is -2.46. The Morgan fingerprint density at radius 2 is 1.74 bits per heavy atom. The largest absolute Gasteiger partial charge is 0.384 e. The number of amides is 3.